The van der Waals surface area contributed by atoms with Crippen molar-refractivity contribution in [1.29, 1.82) is 0 Å². The first-order valence-corrected chi connectivity index (χ1v) is 14.5. The van der Waals surface area contributed by atoms with Crippen LogP contribution in [0.3, 0.4) is 0 Å². The fourth-order valence-corrected chi connectivity index (χ4v) is 8.56. The Labute approximate surface area is 236 Å². The van der Waals surface area contributed by atoms with E-state index in [0.29, 0.717) is 12.8 Å². The van der Waals surface area contributed by atoms with Crippen LogP contribution in [0.5, 0.6) is 0 Å². The van der Waals surface area contributed by atoms with Crippen LogP contribution in [0, 0.1) is 45.8 Å². The smallest absolute Gasteiger partial charge is 0.308 e. The molecule has 3 aliphatic carbocycles. The fraction of sp³-hybridized carbons (Fsp3) is 0.688. The highest BCUT2D eigenvalue weighted by atomic mass is 16.6. The van der Waals surface area contributed by atoms with Crippen molar-refractivity contribution in [3.63, 3.8) is 0 Å². The predicted molar refractivity (Wildman–Crippen MR) is 144 cm³/mol. The van der Waals surface area contributed by atoms with Gasteiger partial charge in [0.25, 0.3) is 0 Å². The Balaban J connectivity index is 1.65. The minimum absolute atomic E-state index is 0.00445. The van der Waals surface area contributed by atoms with Gasteiger partial charge in [0, 0.05) is 28.2 Å². The molecule has 1 aliphatic heterocycles. The lowest BCUT2D eigenvalue weighted by Gasteiger charge is -2.63. The Kier molecular flexibility index (Phi) is 7.07. The van der Waals surface area contributed by atoms with Crippen LogP contribution in [0.2, 0.25) is 0 Å². The second-order valence-corrected chi connectivity index (χ2v) is 13.4. The maximum absolute atomic E-state index is 14.4. The lowest BCUT2D eigenvalue weighted by Crippen LogP contribution is -2.66. The number of hydrogen-bond acceptors (Lipinski definition) is 8. The molecule has 8 nitrogen and oxygen atoms in total. The van der Waals surface area contributed by atoms with E-state index in [4.69, 9.17) is 18.6 Å². The number of ether oxygens (including phenoxy) is 3. The Morgan fingerprint density at radius 2 is 1.88 bits per heavy atom. The quantitative estimate of drug-likeness (QED) is 0.254. The number of carbonyl (C=O) groups excluding carboxylic acids is 4. The number of methoxy groups -OCH3 is 1. The number of esters is 3. The van der Waals surface area contributed by atoms with Crippen LogP contribution in [-0.2, 0) is 33.4 Å². The molecule has 0 spiro atoms. The molecule has 8 heteroatoms. The van der Waals surface area contributed by atoms with E-state index in [0.717, 1.165) is 17.6 Å². The molecule has 1 aromatic heterocycles. The number of ketones is 1. The lowest BCUT2D eigenvalue weighted by molar-refractivity contribution is -0.198. The molecule has 3 fully saturated rings. The SMILES string of the molecule is CCC(C)C(=O)O[C@@H]1[C@@H]2C=C3[C@@H]4CC(=O)O[C@@H](c5ccoc5)[C@]4(C)CC[C@@H]3[C@@](C)(C2=O)[C@@H](CC(=O)OC)C1(C)C. The molecule has 1 saturated heterocycles. The first kappa shape index (κ1) is 28.6. The maximum atomic E-state index is 14.4. The lowest BCUT2D eigenvalue weighted by atomic mass is 9.40. The number of Topliss-reactive ketones (excluding diaryl/α,β-unsaturated/α-hetero) is 1. The van der Waals surface area contributed by atoms with Crippen molar-refractivity contribution in [2.45, 2.75) is 85.9 Å². The van der Waals surface area contributed by atoms with Crippen LogP contribution in [0.15, 0.2) is 34.7 Å². The topological polar surface area (TPSA) is 109 Å². The van der Waals surface area contributed by atoms with Gasteiger partial charge in [-0.05, 0) is 43.1 Å². The zero-order valence-corrected chi connectivity index (χ0v) is 24.7. The average molecular weight is 555 g/mol. The largest absolute Gasteiger partial charge is 0.472 e. The monoisotopic (exact) mass is 554 g/mol. The third kappa shape index (κ3) is 4.07. The predicted octanol–water partition coefficient (Wildman–Crippen LogP) is 5.61. The summed E-state index contributed by atoms with van der Waals surface area (Å²) in [5.74, 6) is -2.73. The molecular formula is C32H42O8. The molecule has 0 N–H and O–H groups in total. The summed E-state index contributed by atoms with van der Waals surface area (Å²) in [5.41, 5.74) is -0.0944. The molecular weight excluding hydrogens is 512 g/mol. The van der Waals surface area contributed by atoms with Gasteiger partial charge in [-0.25, -0.2) is 0 Å². The second kappa shape index (κ2) is 9.88. The Bertz CT molecular complexity index is 1230. The van der Waals surface area contributed by atoms with E-state index in [1.807, 2.05) is 46.8 Å². The van der Waals surface area contributed by atoms with Crippen molar-refractivity contribution in [2.75, 3.05) is 7.11 Å². The molecule has 9 atom stereocenters. The molecule has 1 aromatic rings. The molecule has 2 bridgehead atoms. The molecule has 0 amide bonds. The minimum Gasteiger partial charge on any atom is -0.472 e. The zero-order valence-electron chi connectivity index (χ0n) is 24.7. The van der Waals surface area contributed by atoms with Gasteiger partial charge >= 0.3 is 17.9 Å². The van der Waals surface area contributed by atoms with Crippen molar-refractivity contribution in [3.8, 4) is 0 Å². The Morgan fingerprint density at radius 1 is 1.15 bits per heavy atom. The molecule has 0 aromatic carbocycles. The maximum Gasteiger partial charge on any atom is 0.308 e. The number of hydrogen-bond donors (Lipinski definition) is 0. The van der Waals surface area contributed by atoms with Crippen molar-refractivity contribution < 1.29 is 37.8 Å². The van der Waals surface area contributed by atoms with Gasteiger partial charge in [-0.15, -0.1) is 0 Å². The standard InChI is InChI=1S/C32H42O8/c1-8-17(2)29(36)40-28-20-13-19-21(32(6,26(20)35)23(30(28,3)4)15-24(33)37-7)9-11-31(5)22(19)14-25(34)39-27(31)18-10-12-38-16-18/h10,12-13,16-17,20-23,27-28H,8-9,11,14-15H2,1-7H3/t17?,20-,21+,22+,23+,27+,28-,31-,32-/m1/s1. The van der Waals surface area contributed by atoms with E-state index in [-0.39, 0.29) is 48.3 Å². The minimum atomic E-state index is -0.889. The summed E-state index contributed by atoms with van der Waals surface area (Å²) in [5, 5.41) is 0. The van der Waals surface area contributed by atoms with Crippen LogP contribution in [0.1, 0.15) is 85.3 Å². The summed E-state index contributed by atoms with van der Waals surface area (Å²) in [6, 6.07) is 1.84. The van der Waals surface area contributed by atoms with E-state index >= 15 is 0 Å². The molecule has 218 valence electrons. The fourth-order valence-electron chi connectivity index (χ4n) is 8.56. The van der Waals surface area contributed by atoms with E-state index < -0.39 is 46.3 Å². The summed E-state index contributed by atoms with van der Waals surface area (Å²) in [4.78, 5) is 53.4. The van der Waals surface area contributed by atoms with Crippen molar-refractivity contribution in [1.82, 2.24) is 0 Å². The molecule has 1 unspecified atom stereocenters. The number of furan rings is 1. The van der Waals surface area contributed by atoms with E-state index in [9.17, 15) is 19.2 Å². The number of carbonyl (C=O) groups is 4. The van der Waals surface area contributed by atoms with Crippen LogP contribution >= 0.6 is 0 Å². The summed E-state index contributed by atoms with van der Waals surface area (Å²) in [6.07, 6.45) is 6.36. The first-order chi connectivity index (χ1) is 18.8. The third-order valence-corrected chi connectivity index (χ3v) is 11.1. The molecule has 0 radical (unpaired) electrons. The van der Waals surface area contributed by atoms with Gasteiger partial charge in [-0.3, -0.25) is 19.2 Å². The number of cyclic esters (lactones) is 1. The van der Waals surface area contributed by atoms with Gasteiger partial charge < -0.3 is 18.6 Å². The average Bonchev–Trinajstić information content (AvgIpc) is 3.45. The Hall–Kier alpha value is -2.90. The highest BCUT2D eigenvalue weighted by Crippen LogP contribution is 2.68. The number of allylic oxidation sites excluding steroid dienone is 1. The first-order valence-electron chi connectivity index (χ1n) is 14.5. The van der Waals surface area contributed by atoms with Crippen LogP contribution in [0.4, 0.5) is 0 Å². The van der Waals surface area contributed by atoms with Crippen LogP contribution < -0.4 is 0 Å². The normalized spacial score (nSPS) is 38.7. The van der Waals surface area contributed by atoms with Crippen LogP contribution in [-0.4, -0.2) is 36.9 Å². The molecule has 5 rings (SSSR count). The summed E-state index contributed by atoms with van der Waals surface area (Å²) >= 11 is 0. The molecule has 4 aliphatic rings. The molecule has 2 heterocycles. The van der Waals surface area contributed by atoms with Gasteiger partial charge in [0.05, 0.1) is 37.9 Å². The summed E-state index contributed by atoms with van der Waals surface area (Å²) in [7, 11) is 1.35. The highest BCUT2D eigenvalue weighted by Gasteiger charge is 2.69. The van der Waals surface area contributed by atoms with E-state index in [1.54, 1.807) is 12.5 Å². The van der Waals surface area contributed by atoms with Crippen molar-refractivity contribution >= 4 is 23.7 Å². The molecule has 40 heavy (non-hydrogen) atoms. The van der Waals surface area contributed by atoms with E-state index in [2.05, 4.69) is 6.92 Å². The van der Waals surface area contributed by atoms with Gasteiger partial charge in [-0.1, -0.05) is 53.2 Å². The highest BCUT2D eigenvalue weighted by molar-refractivity contribution is 5.93. The van der Waals surface area contributed by atoms with Gasteiger partial charge in [0.1, 0.15) is 18.0 Å². The van der Waals surface area contributed by atoms with Crippen molar-refractivity contribution in [3.05, 3.63) is 35.8 Å². The van der Waals surface area contributed by atoms with E-state index in [1.165, 1.54) is 7.11 Å². The van der Waals surface area contributed by atoms with Crippen LogP contribution in [0.25, 0.3) is 0 Å². The molecule has 2 saturated carbocycles. The Morgan fingerprint density at radius 3 is 2.50 bits per heavy atom. The van der Waals surface area contributed by atoms with Crippen molar-refractivity contribution in [2.24, 2.45) is 45.8 Å². The van der Waals surface area contributed by atoms with Gasteiger partial charge in [-0.2, -0.15) is 0 Å². The summed E-state index contributed by atoms with van der Waals surface area (Å²) < 4.78 is 22.6. The van der Waals surface area contributed by atoms with Gasteiger partial charge in [0.2, 0.25) is 0 Å². The summed E-state index contributed by atoms with van der Waals surface area (Å²) in [6.45, 7) is 11.9. The second-order valence-electron chi connectivity index (χ2n) is 13.4. The zero-order chi connectivity index (χ0) is 29.2. The number of rotatable bonds is 6. The van der Waals surface area contributed by atoms with Gasteiger partial charge in [0.15, 0.2) is 0 Å². The number of fused-ring (bicyclic) bond motifs is 6. The third-order valence-electron chi connectivity index (χ3n) is 11.1.